The molecule has 0 aliphatic rings. The predicted molar refractivity (Wildman–Crippen MR) is 105 cm³/mol. The van der Waals surface area contributed by atoms with Gasteiger partial charge in [0.2, 0.25) is 0 Å². The number of pyridine rings is 1. The molecule has 7 heteroatoms. The highest BCUT2D eigenvalue weighted by Crippen LogP contribution is 2.17. The predicted octanol–water partition coefficient (Wildman–Crippen LogP) is 2.82. The van der Waals surface area contributed by atoms with Gasteiger partial charge in [-0.2, -0.15) is 5.10 Å². The molecule has 0 unspecified atom stereocenters. The highest BCUT2D eigenvalue weighted by Gasteiger charge is 2.08. The number of rotatable bonds is 4. The first-order valence-electron chi connectivity index (χ1n) is 8.71. The summed E-state index contributed by atoms with van der Waals surface area (Å²) in [5, 5.41) is 13.8. The van der Waals surface area contributed by atoms with Gasteiger partial charge in [-0.05, 0) is 31.2 Å². The van der Waals surface area contributed by atoms with Gasteiger partial charge in [0.25, 0.3) is 5.56 Å². The fourth-order valence-electron chi connectivity index (χ4n) is 2.82. The van der Waals surface area contributed by atoms with Crippen LogP contribution in [0, 0.1) is 6.92 Å². The second kappa shape index (κ2) is 7.40. The molecule has 0 saturated heterocycles. The largest absolute Gasteiger partial charge is 0.505 e. The molecule has 1 aromatic carbocycles. The van der Waals surface area contributed by atoms with Crippen molar-refractivity contribution in [2.45, 2.75) is 13.5 Å². The standard InChI is InChI=1S/C21H17N5O2/c1-14-4-2-5-15(10-14)18-8-9-20(28)26(25-18)13-16-6-3-7-19(24-16)21-22-11-17(27)12-23-21/h2-12,27H,13H2,1H3. The van der Waals surface area contributed by atoms with Gasteiger partial charge in [0, 0.05) is 11.6 Å². The lowest BCUT2D eigenvalue weighted by molar-refractivity contribution is 0.470. The number of nitrogens with zero attached hydrogens (tertiary/aromatic N) is 5. The summed E-state index contributed by atoms with van der Waals surface area (Å²) < 4.78 is 1.39. The molecule has 0 atom stereocenters. The van der Waals surface area contributed by atoms with Gasteiger partial charge in [-0.1, -0.05) is 29.8 Å². The normalized spacial score (nSPS) is 10.8. The molecule has 7 nitrogen and oxygen atoms in total. The summed E-state index contributed by atoms with van der Waals surface area (Å²) in [5.74, 6) is 0.386. The molecule has 0 fully saturated rings. The maximum Gasteiger partial charge on any atom is 0.267 e. The molecule has 0 amide bonds. The van der Waals surface area contributed by atoms with Crippen LogP contribution in [0.5, 0.6) is 5.75 Å². The lowest BCUT2D eigenvalue weighted by Crippen LogP contribution is -2.23. The Bertz CT molecular complexity index is 1190. The highest BCUT2D eigenvalue weighted by atomic mass is 16.3. The Kier molecular flexibility index (Phi) is 4.63. The summed E-state index contributed by atoms with van der Waals surface area (Å²) in [5.41, 5.74) is 3.81. The average molecular weight is 371 g/mol. The van der Waals surface area contributed by atoms with Crippen LogP contribution in [0.4, 0.5) is 0 Å². The lowest BCUT2D eigenvalue weighted by Gasteiger charge is -2.08. The van der Waals surface area contributed by atoms with Crippen molar-refractivity contribution in [2.24, 2.45) is 0 Å². The first-order chi connectivity index (χ1) is 13.6. The Morgan fingerprint density at radius 3 is 2.54 bits per heavy atom. The van der Waals surface area contributed by atoms with E-state index in [0.29, 0.717) is 17.2 Å². The third kappa shape index (κ3) is 3.78. The summed E-state index contributed by atoms with van der Waals surface area (Å²) in [6.07, 6.45) is 2.63. The maximum absolute atomic E-state index is 12.3. The fraction of sp³-hybridized carbons (Fsp3) is 0.0952. The molecule has 4 rings (SSSR count). The van der Waals surface area contributed by atoms with Gasteiger partial charge in [0.05, 0.1) is 30.3 Å². The summed E-state index contributed by atoms with van der Waals surface area (Å²) in [7, 11) is 0. The topological polar surface area (TPSA) is 93.8 Å². The van der Waals surface area contributed by atoms with E-state index in [1.165, 1.54) is 23.1 Å². The molecule has 0 spiro atoms. The summed E-state index contributed by atoms with van der Waals surface area (Å²) in [6, 6.07) is 16.6. The van der Waals surface area contributed by atoms with Crippen LogP contribution < -0.4 is 5.56 Å². The molecule has 0 aliphatic heterocycles. The monoisotopic (exact) mass is 371 g/mol. The smallest absolute Gasteiger partial charge is 0.267 e. The van der Waals surface area contributed by atoms with E-state index < -0.39 is 0 Å². The van der Waals surface area contributed by atoms with Gasteiger partial charge in [-0.25, -0.2) is 19.6 Å². The Hall–Kier alpha value is -3.87. The second-order valence-corrected chi connectivity index (χ2v) is 6.36. The van der Waals surface area contributed by atoms with Crippen molar-refractivity contribution in [1.29, 1.82) is 0 Å². The van der Waals surface area contributed by atoms with Gasteiger partial charge < -0.3 is 5.11 Å². The third-order valence-corrected chi connectivity index (χ3v) is 4.17. The Labute approximate surface area is 161 Å². The quantitative estimate of drug-likeness (QED) is 0.593. The first-order valence-corrected chi connectivity index (χ1v) is 8.71. The van der Waals surface area contributed by atoms with Crippen LogP contribution >= 0.6 is 0 Å². The summed E-state index contributed by atoms with van der Waals surface area (Å²) in [4.78, 5) is 24.9. The fourth-order valence-corrected chi connectivity index (χ4v) is 2.82. The minimum absolute atomic E-state index is 0.0105. The molecular weight excluding hydrogens is 354 g/mol. The highest BCUT2D eigenvalue weighted by molar-refractivity contribution is 5.59. The summed E-state index contributed by atoms with van der Waals surface area (Å²) >= 11 is 0. The minimum Gasteiger partial charge on any atom is -0.505 e. The van der Waals surface area contributed by atoms with E-state index >= 15 is 0 Å². The van der Waals surface area contributed by atoms with Crippen molar-refractivity contribution in [3.63, 3.8) is 0 Å². The zero-order valence-electron chi connectivity index (χ0n) is 15.1. The van der Waals surface area contributed by atoms with E-state index in [1.807, 2.05) is 43.3 Å². The van der Waals surface area contributed by atoms with E-state index in [9.17, 15) is 9.90 Å². The number of hydrogen-bond acceptors (Lipinski definition) is 6. The molecule has 4 aromatic rings. The van der Waals surface area contributed by atoms with Crippen LogP contribution in [0.25, 0.3) is 22.8 Å². The first kappa shape index (κ1) is 17.5. The molecule has 0 bridgehead atoms. The molecule has 138 valence electrons. The van der Waals surface area contributed by atoms with Crippen molar-refractivity contribution in [2.75, 3.05) is 0 Å². The zero-order valence-corrected chi connectivity index (χ0v) is 15.1. The van der Waals surface area contributed by atoms with Crippen LogP contribution in [0.2, 0.25) is 0 Å². The number of benzene rings is 1. The van der Waals surface area contributed by atoms with Gasteiger partial charge in [-0.3, -0.25) is 4.79 Å². The summed E-state index contributed by atoms with van der Waals surface area (Å²) in [6.45, 7) is 2.24. The van der Waals surface area contributed by atoms with E-state index in [4.69, 9.17) is 0 Å². The Balaban J connectivity index is 1.66. The molecule has 3 aromatic heterocycles. The minimum atomic E-state index is -0.204. The molecule has 0 aliphatic carbocycles. The van der Waals surface area contributed by atoms with Crippen molar-refractivity contribution in [1.82, 2.24) is 24.7 Å². The molecule has 0 saturated carbocycles. The number of hydrogen-bond donors (Lipinski definition) is 1. The number of aryl methyl sites for hydroxylation is 1. The van der Waals surface area contributed by atoms with E-state index in [1.54, 1.807) is 12.1 Å². The van der Waals surface area contributed by atoms with E-state index in [2.05, 4.69) is 20.1 Å². The Morgan fingerprint density at radius 2 is 1.75 bits per heavy atom. The molecule has 28 heavy (non-hydrogen) atoms. The van der Waals surface area contributed by atoms with Crippen LogP contribution in [0.15, 0.2) is 71.8 Å². The molecule has 1 N–H and O–H groups in total. The Morgan fingerprint density at radius 1 is 0.964 bits per heavy atom. The third-order valence-electron chi connectivity index (χ3n) is 4.17. The van der Waals surface area contributed by atoms with Crippen molar-refractivity contribution < 1.29 is 5.11 Å². The van der Waals surface area contributed by atoms with Crippen molar-refractivity contribution in [3.05, 3.63) is 88.6 Å². The zero-order chi connectivity index (χ0) is 19.5. The van der Waals surface area contributed by atoms with Gasteiger partial charge in [0.1, 0.15) is 5.69 Å². The van der Waals surface area contributed by atoms with Crippen LogP contribution in [0.1, 0.15) is 11.3 Å². The maximum atomic E-state index is 12.3. The molecule has 3 heterocycles. The molecule has 0 radical (unpaired) electrons. The number of aromatic hydroxyl groups is 1. The van der Waals surface area contributed by atoms with Crippen molar-refractivity contribution >= 4 is 0 Å². The van der Waals surface area contributed by atoms with Gasteiger partial charge in [-0.15, -0.1) is 0 Å². The van der Waals surface area contributed by atoms with Crippen LogP contribution in [-0.4, -0.2) is 29.8 Å². The second-order valence-electron chi connectivity index (χ2n) is 6.36. The average Bonchev–Trinajstić information content (AvgIpc) is 2.70. The van der Waals surface area contributed by atoms with Gasteiger partial charge >= 0.3 is 0 Å². The van der Waals surface area contributed by atoms with Crippen molar-refractivity contribution in [3.8, 4) is 28.5 Å². The van der Waals surface area contributed by atoms with Gasteiger partial charge in [0.15, 0.2) is 11.6 Å². The molecular formula is C21H17N5O2. The van der Waals surface area contributed by atoms with Crippen LogP contribution in [0.3, 0.4) is 0 Å². The number of aromatic nitrogens is 5. The van der Waals surface area contributed by atoms with E-state index in [0.717, 1.165) is 16.8 Å². The van der Waals surface area contributed by atoms with Crippen LogP contribution in [-0.2, 0) is 6.54 Å². The lowest BCUT2D eigenvalue weighted by atomic mass is 10.1. The SMILES string of the molecule is Cc1cccc(-c2ccc(=O)n(Cc3cccc(-c4ncc(O)cn4)n3)n2)c1. The van der Waals surface area contributed by atoms with E-state index in [-0.39, 0.29) is 17.9 Å².